The summed E-state index contributed by atoms with van der Waals surface area (Å²) in [6, 6.07) is 4.48. The predicted molar refractivity (Wildman–Crippen MR) is 51.7 cm³/mol. The molecule has 4 heteroatoms. The highest BCUT2D eigenvalue weighted by Crippen LogP contribution is 2.28. The lowest BCUT2D eigenvalue weighted by Gasteiger charge is -2.23. The predicted octanol–water partition coefficient (Wildman–Crippen LogP) is 1.21. The largest absolute Gasteiger partial charge is 0.508 e. The lowest BCUT2D eigenvalue weighted by molar-refractivity contribution is 0.210. The number of nitrogens with two attached hydrogens (primary N) is 1. The third-order valence-electron chi connectivity index (χ3n) is 1.89. The first kappa shape index (κ1) is 10.3. The summed E-state index contributed by atoms with van der Waals surface area (Å²) in [7, 11) is 0. The molecule has 0 heterocycles. The zero-order valence-electron chi connectivity index (χ0n) is 7.29. The summed E-state index contributed by atoms with van der Waals surface area (Å²) < 4.78 is 0. The summed E-state index contributed by atoms with van der Waals surface area (Å²) in [6.45, 7) is 1.42. The number of phenols is 1. The first-order chi connectivity index (χ1) is 5.97. The molecule has 0 unspecified atom stereocenters. The van der Waals surface area contributed by atoms with E-state index in [1.54, 1.807) is 13.0 Å². The van der Waals surface area contributed by atoms with Crippen molar-refractivity contribution in [3.8, 4) is 5.75 Å². The van der Waals surface area contributed by atoms with Gasteiger partial charge in [-0.15, -0.1) is 0 Å². The molecule has 0 aromatic heterocycles. The molecule has 3 nitrogen and oxygen atoms in total. The van der Waals surface area contributed by atoms with Crippen molar-refractivity contribution in [2.24, 2.45) is 5.73 Å². The van der Waals surface area contributed by atoms with E-state index in [4.69, 9.17) is 22.4 Å². The van der Waals surface area contributed by atoms with Crippen molar-refractivity contribution < 1.29 is 10.2 Å². The van der Waals surface area contributed by atoms with Crippen molar-refractivity contribution in [2.45, 2.75) is 12.5 Å². The normalized spacial score (nSPS) is 15.4. The molecule has 0 bridgehead atoms. The van der Waals surface area contributed by atoms with Crippen molar-refractivity contribution in [1.82, 2.24) is 0 Å². The molecule has 72 valence electrons. The molecule has 0 spiro atoms. The smallest absolute Gasteiger partial charge is 0.116 e. The van der Waals surface area contributed by atoms with Crippen LogP contribution in [0.25, 0.3) is 0 Å². The third-order valence-corrected chi connectivity index (χ3v) is 2.22. The molecular weight excluding hydrogens is 190 g/mol. The van der Waals surface area contributed by atoms with Gasteiger partial charge in [0, 0.05) is 5.02 Å². The maximum absolute atomic E-state index is 9.20. The molecule has 0 aliphatic heterocycles. The summed E-state index contributed by atoms with van der Waals surface area (Å²) in [5.41, 5.74) is 5.38. The fourth-order valence-electron chi connectivity index (χ4n) is 1.04. The Hall–Kier alpha value is -0.770. The summed E-state index contributed by atoms with van der Waals surface area (Å²) in [4.78, 5) is 0. The first-order valence-corrected chi connectivity index (χ1v) is 4.24. The van der Waals surface area contributed by atoms with E-state index in [1.807, 2.05) is 0 Å². The van der Waals surface area contributed by atoms with Gasteiger partial charge in [0.15, 0.2) is 0 Å². The van der Waals surface area contributed by atoms with Crippen LogP contribution in [0, 0.1) is 0 Å². The van der Waals surface area contributed by atoms with Crippen LogP contribution in [0.3, 0.4) is 0 Å². The Bertz CT molecular complexity index is 312. The molecule has 13 heavy (non-hydrogen) atoms. The van der Waals surface area contributed by atoms with Crippen molar-refractivity contribution in [2.75, 3.05) is 6.61 Å². The number of aliphatic hydroxyl groups excluding tert-OH is 1. The average Bonchev–Trinajstić information content (AvgIpc) is 2.09. The number of hydrogen-bond acceptors (Lipinski definition) is 3. The monoisotopic (exact) mass is 201 g/mol. The number of rotatable bonds is 2. The highest BCUT2D eigenvalue weighted by Gasteiger charge is 2.23. The SMILES string of the molecule is C[C@](N)(CO)c1cc(O)ccc1Cl. The molecular formula is C9H12ClNO2. The Labute approximate surface area is 81.8 Å². The van der Waals surface area contributed by atoms with E-state index in [9.17, 15) is 5.11 Å². The van der Waals surface area contributed by atoms with E-state index in [-0.39, 0.29) is 12.4 Å². The number of halogens is 1. The Kier molecular flexibility index (Phi) is 2.81. The molecule has 0 amide bonds. The second-order valence-corrected chi connectivity index (χ2v) is 3.65. The van der Waals surface area contributed by atoms with Gasteiger partial charge in [0.2, 0.25) is 0 Å². The zero-order chi connectivity index (χ0) is 10.1. The Morgan fingerprint density at radius 1 is 1.54 bits per heavy atom. The Balaban J connectivity index is 3.20. The van der Waals surface area contributed by atoms with Crippen LogP contribution >= 0.6 is 11.6 Å². The summed E-state index contributed by atoms with van der Waals surface area (Å²) in [5, 5.41) is 18.6. The van der Waals surface area contributed by atoms with E-state index in [0.717, 1.165) is 0 Å². The molecule has 1 atom stereocenters. The van der Waals surface area contributed by atoms with Crippen molar-refractivity contribution in [3.63, 3.8) is 0 Å². The van der Waals surface area contributed by atoms with Gasteiger partial charge in [0.05, 0.1) is 12.1 Å². The third kappa shape index (κ3) is 2.12. The zero-order valence-corrected chi connectivity index (χ0v) is 8.04. The number of hydrogen-bond donors (Lipinski definition) is 3. The minimum absolute atomic E-state index is 0.0875. The van der Waals surface area contributed by atoms with Crippen LogP contribution in [0.4, 0.5) is 0 Å². The summed E-state index contributed by atoms with van der Waals surface area (Å²) in [6.07, 6.45) is 0. The van der Waals surface area contributed by atoms with E-state index < -0.39 is 5.54 Å². The van der Waals surface area contributed by atoms with Crippen LogP contribution in [0.1, 0.15) is 12.5 Å². The fourth-order valence-corrected chi connectivity index (χ4v) is 1.37. The molecule has 0 saturated carbocycles. The van der Waals surface area contributed by atoms with E-state index in [2.05, 4.69) is 0 Å². The van der Waals surface area contributed by atoms with E-state index >= 15 is 0 Å². The highest BCUT2D eigenvalue weighted by atomic mass is 35.5. The molecule has 0 aliphatic carbocycles. The van der Waals surface area contributed by atoms with Gasteiger partial charge in [-0.3, -0.25) is 0 Å². The topological polar surface area (TPSA) is 66.5 Å². The van der Waals surface area contributed by atoms with Crippen LogP contribution in [-0.4, -0.2) is 16.8 Å². The Morgan fingerprint density at radius 3 is 2.69 bits per heavy atom. The Morgan fingerprint density at radius 2 is 2.15 bits per heavy atom. The van der Waals surface area contributed by atoms with Gasteiger partial charge < -0.3 is 15.9 Å². The number of aromatic hydroxyl groups is 1. The van der Waals surface area contributed by atoms with Crippen molar-refractivity contribution in [1.29, 1.82) is 0 Å². The standard InChI is InChI=1S/C9H12ClNO2/c1-9(11,5-12)7-4-6(13)2-3-8(7)10/h2-4,12-13H,5,11H2,1H3/t9-/m0/s1. The minimum atomic E-state index is -0.921. The maximum atomic E-state index is 9.20. The van der Waals surface area contributed by atoms with Gasteiger partial charge in [-0.05, 0) is 30.7 Å². The number of benzene rings is 1. The van der Waals surface area contributed by atoms with Gasteiger partial charge >= 0.3 is 0 Å². The van der Waals surface area contributed by atoms with Gasteiger partial charge in [-0.2, -0.15) is 0 Å². The first-order valence-electron chi connectivity index (χ1n) is 3.86. The second-order valence-electron chi connectivity index (χ2n) is 3.24. The molecule has 0 fully saturated rings. The van der Waals surface area contributed by atoms with Gasteiger partial charge in [-0.1, -0.05) is 11.6 Å². The van der Waals surface area contributed by atoms with Crippen LogP contribution in [-0.2, 0) is 5.54 Å². The van der Waals surface area contributed by atoms with Crippen molar-refractivity contribution >= 4 is 11.6 Å². The van der Waals surface area contributed by atoms with E-state index in [1.165, 1.54) is 12.1 Å². The van der Waals surface area contributed by atoms with Gasteiger partial charge in [0.1, 0.15) is 5.75 Å². The van der Waals surface area contributed by atoms with Crippen LogP contribution in [0.15, 0.2) is 18.2 Å². The number of aliphatic hydroxyl groups is 1. The summed E-state index contributed by atoms with van der Waals surface area (Å²) in [5.74, 6) is 0.0875. The van der Waals surface area contributed by atoms with Crippen LogP contribution < -0.4 is 5.73 Å². The van der Waals surface area contributed by atoms with Gasteiger partial charge in [-0.25, -0.2) is 0 Å². The average molecular weight is 202 g/mol. The lowest BCUT2D eigenvalue weighted by Crippen LogP contribution is -2.37. The minimum Gasteiger partial charge on any atom is -0.508 e. The van der Waals surface area contributed by atoms with Crippen LogP contribution in [0.5, 0.6) is 5.75 Å². The molecule has 0 saturated heterocycles. The highest BCUT2D eigenvalue weighted by molar-refractivity contribution is 6.31. The van der Waals surface area contributed by atoms with Crippen LogP contribution in [0.2, 0.25) is 5.02 Å². The number of phenolic OH excluding ortho intramolecular Hbond substituents is 1. The fraction of sp³-hybridized carbons (Fsp3) is 0.333. The second kappa shape index (κ2) is 3.54. The molecule has 4 N–H and O–H groups in total. The quantitative estimate of drug-likeness (QED) is 0.674. The molecule has 1 rings (SSSR count). The molecule has 1 aromatic carbocycles. The van der Waals surface area contributed by atoms with E-state index in [0.29, 0.717) is 10.6 Å². The molecule has 0 aliphatic rings. The lowest BCUT2D eigenvalue weighted by atomic mass is 9.94. The molecule has 0 radical (unpaired) electrons. The van der Waals surface area contributed by atoms with Crippen molar-refractivity contribution in [3.05, 3.63) is 28.8 Å². The maximum Gasteiger partial charge on any atom is 0.116 e. The van der Waals surface area contributed by atoms with Gasteiger partial charge in [0.25, 0.3) is 0 Å². The molecule has 1 aromatic rings. The summed E-state index contributed by atoms with van der Waals surface area (Å²) >= 11 is 5.86.